The number of ether oxygens (including phenoxy) is 1. The number of rotatable bonds is 4. The Hall–Kier alpha value is -2.10. The molecule has 4 nitrogen and oxygen atoms in total. The van der Waals surface area contributed by atoms with Gasteiger partial charge in [0.1, 0.15) is 17.9 Å². The minimum atomic E-state index is 0.132. The fraction of sp³-hybridized carbons (Fsp3) is 0.333. The molecule has 0 saturated heterocycles. The quantitative estimate of drug-likeness (QED) is 0.913. The first-order valence-electron chi connectivity index (χ1n) is 6.39. The van der Waals surface area contributed by atoms with Crippen LogP contribution in [-0.2, 0) is 0 Å². The summed E-state index contributed by atoms with van der Waals surface area (Å²) >= 11 is 0. The van der Waals surface area contributed by atoms with Gasteiger partial charge in [0.15, 0.2) is 0 Å². The topological polar surface area (TPSA) is 47.0 Å². The number of benzene rings is 1. The number of nitrogens with one attached hydrogen (secondary N) is 1. The van der Waals surface area contributed by atoms with Crippen molar-refractivity contribution in [3.05, 3.63) is 36.2 Å². The maximum atomic E-state index is 5.85. The molecule has 0 spiro atoms. The van der Waals surface area contributed by atoms with Crippen molar-refractivity contribution in [2.75, 3.05) is 12.4 Å². The highest BCUT2D eigenvalue weighted by atomic mass is 16.5. The van der Waals surface area contributed by atoms with Crippen molar-refractivity contribution in [3.8, 4) is 17.0 Å². The zero-order chi connectivity index (χ0) is 13.8. The van der Waals surface area contributed by atoms with Crippen molar-refractivity contribution in [3.63, 3.8) is 0 Å². The number of anilines is 1. The number of hydrogen-bond donors (Lipinski definition) is 1. The van der Waals surface area contributed by atoms with Crippen molar-refractivity contribution in [1.29, 1.82) is 0 Å². The molecule has 0 radical (unpaired) electrons. The van der Waals surface area contributed by atoms with Gasteiger partial charge in [0.05, 0.1) is 11.8 Å². The van der Waals surface area contributed by atoms with E-state index < -0.39 is 0 Å². The first kappa shape index (κ1) is 13.3. The molecule has 1 aromatic heterocycles. The summed E-state index contributed by atoms with van der Waals surface area (Å²) in [4.78, 5) is 8.60. The molecular weight excluding hydrogens is 238 g/mol. The Morgan fingerprint density at radius 3 is 2.58 bits per heavy atom. The van der Waals surface area contributed by atoms with Crippen LogP contribution in [0.5, 0.6) is 5.75 Å². The van der Waals surface area contributed by atoms with E-state index in [9.17, 15) is 0 Å². The van der Waals surface area contributed by atoms with E-state index in [0.717, 1.165) is 28.4 Å². The Kier molecular flexibility index (Phi) is 4.00. The molecule has 0 saturated carbocycles. The van der Waals surface area contributed by atoms with Gasteiger partial charge in [-0.25, -0.2) is 9.97 Å². The van der Waals surface area contributed by atoms with Crippen LogP contribution in [0.15, 0.2) is 30.6 Å². The van der Waals surface area contributed by atoms with Gasteiger partial charge in [-0.1, -0.05) is 12.1 Å². The highest BCUT2D eigenvalue weighted by Crippen LogP contribution is 2.32. The van der Waals surface area contributed by atoms with Crippen LogP contribution in [0.3, 0.4) is 0 Å². The van der Waals surface area contributed by atoms with Crippen molar-refractivity contribution in [1.82, 2.24) is 9.97 Å². The van der Waals surface area contributed by atoms with Gasteiger partial charge in [-0.3, -0.25) is 0 Å². The molecule has 0 atom stereocenters. The maximum Gasteiger partial charge on any atom is 0.132 e. The van der Waals surface area contributed by atoms with Gasteiger partial charge >= 0.3 is 0 Å². The van der Waals surface area contributed by atoms with E-state index >= 15 is 0 Å². The summed E-state index contributed by atoms with van der Waals surface area (Å²) < 4.78 is 5.85. The van der Waals surface area contributed by atoms with Gasteiger partial charge < -0.3 is 10.1 Å². The average molecular weight is 257 g/mol. The largest absolute Gasteiger partial charge is 0.490 e. The molecule has 0 fully saturated rings. The summed E-state index contributed by atoms with van der Waals surface area (Å²) in [5.74, 6) is 1.69. The van der Waals surface area contributed by atoms with Crippen LogP contribution in [-0.4, -0.2) is 23.1 Å². The Morgan fingerprint density at radius 2 is 1.89 bits per heavy atom. The van der Waals surface area contributed by atoms with Gasteiger partial charge in [0, 0.05) is 18.2 Å². The zero-order valence-electron chi connectivity index (χ0n) is 11.8. The lowest BCUT2D eigenvalue weighted by Crippen LogP contribution is -2.07. The molecule has 0 aliphatic carbocycles. The molecule has 0 unspecified atom stereocenters. The minimum Gasteiger partial charge on any atom is -0.490 e. The molecule has 100 valence electrons. The van der Waals surface area contributed by atoms with Gasteiger partial charge in [-0.15, -0.1) is 0 Å². The van der Waals surface area contributed by atoms with Crippen LogP contribution in [0.4, 0.5) is 5.82 Å². The molecule has 0 aliphatic rings. The first-order chi connectivity index (χ1) is 9.13. The number of nitrogens with zero attached hydrogens (tertiary/aromatic N) is 2. The Morgan fingerprint density at radius 1 is 1.16 bits per heavy atom. The van der Waals surface area contributed by atoms with Crippen LogP contribution >= 0.6 is 0 Å². The molecule has 19 heavy (non-hydrogen) atoms. The van der Waals surface area contributed by atoms with Crippen LogP contribution < -0.4 is 10.1 Å². The normalized spacial score (nSPS) is 10.6. The van der Waals surface area contributed by atoms with Crippen molar-refractivity contribution in [2.24, 2.45) is 0 Å². The third-order valence-electron chi connectivity index (χ3n) is 2.83. The van der Waals surface area contributed by atoms with Gasteiger partial charge in [-0.2, -0.15) is 0 Å². The summed E-state index contributed by atoms with van der Waals surface area (Å²) in [6.45, 7) is 6.04. The van der Waals surface area contributed by atoms with E-state index in [2.05, 4.69) is 15.3 Å². The molecule has 0 aliphatic heterocycles. The lowest BCUT2D eigenvalue weighted by molar-refractivity contribution is 0.243. The van der Waals surface area contributed by atoms with Gasteiger partial charge in [0.2, 0.25) is 0 Å². The fourth-order valence-electron chi connectivity index (χ4n) is 1.99. The molecule has 2 rings (SSSR count). The standard InChI is InChI=1S/C15H19N3O/c1-10(2)19-13-8-6-5-7-12(13)14-11(3)15(16-4)18-9-17-14/h5-10H,1-4H3,(H,16,17,18). The fourth-order valence-corrected chi connectivity index (χ4v) is 1.99. The summed E-state index contributed by atoms with van der Waals surface area (Å²) in [6, 6.07) is 7.95. The second kappa shape index (κ2) is 5.69. The maximum absolute atomic E-state index is 5.85. The number of aromatic nitrogens is 2. The monoisotopic (exact) mass is 257 g/mol. The minimum absolute atomic E-state index is 0.132. The van der Waals surface area contributed by atoms with E-state index in [1.807, 2.05) is 52.1 Å². The predicted molar refractivity (Wildman–Crippen MR) is 77.5 cm³/mol. The van der Waals surface area contributed by atoms with Crippen LogP contribution in [0, 0.1) is 6.92 Å². The molecule has 2 aromatic rings. The number of hydrogen-bond acceptors (Lipinski definition) is 4. The number of para-hydroxylation sites is 1. The van der Waals surface area contributed by atoms with Gasteiger partial charge in [0.25, 0.3) is 0 Å². The molecule has 0 amide bonds. The summed E-state index contributed by atoms with van der Waals surface area (Å²) in [7, 11) is 1.86. The lowest BCUT2D eigenvalue weighted by Gasteiger charge is -2.15. The smallest absolute Gasteiger partial charge is 0.132 e. The summed E-state index contributed by atoms with van der Waals surface area (Å²) in [5, 5.41) is 3.07. The third kappa shape index (κ3) is 2.84. The Labute approximate surface area is 113 Å². The molecule has 0 bridgehead atoms. The van der Waals surface area contributed by atoms with Crippen molar-refractivity contribution < 1.29 is 4.74 Å². The SMILES string of the molecule is CNc1ncnc(-c2ccccc2OC(C)C)c1C. The van der Waals surface area contributed by atoms with E-state index in [0.29, 0.717) is 0 Å². The second-order valence-corrected chi connectivity index (χ2v) is 4.61. The van der Waals surface area contributed by atoms with E-state index in [-0.39, 0.29) is 6.10 Å². The molecular formula is C15H19N3O. The van der Waals surface area contributed by atoms with Crippen LogP contribution in [0.25, 0.3) is 11.3 Å². The Balaban J connectivity index is 2.53. The molecule has 1 N–H and O–H groups in total. The van der Waals surface area contributed by atoms with Crippen LogP contribution in [0.1, 0.15) is 19.4 Å². The second-order valence-electron chi connectivity index (χ2n) is 4.61. The van der Waals surface area contributed by atoms with Crippen molar-refractivity contribution in [2.45, 2.75) is 26.9 Å². The van der Waals surface area contributed by atoms with Crippen LogP contribution in [0.2, 0.25) is 0 Å². The highest BCUT2D eigenvalue weighted by Gasteiger charge is 2.13. The average Bonchev–Trinajstić information content (AvgIpc) is 2.39. The van der Waals surface area contributed by atoms with E-state index in [4.69, 9.17) is 4.74 Å². The van der Waals surface area contributed by atoms with Gasteiger partial charge in [-0.05, 0) is 32.9 Å². The summed E-state index contributed by atoms with van der Waals surface area (Å²) in [6.07, 6.45) is 1.70. The Bertz CT molecular complexity index is 567. The highest BCUT2D eigenvalue weighted by molar-refractivity contribution is 5.72. The predicted octanol–water partition coefficient (Wildman–Crippen LogP) is 3.28. The lowest BCUT2D eigenvalue weighted by atomic mass is 10.1. The molecule has 1 aromatic carbocycles. The summed E-state index contributed by atoms with van der Waals surface area (Å²) in [5.41, 5.74) is 2.91. The first-order valence-corrected chi connectivity index (χ1v) is 6.39. The molecule has 1 heterocycles. The third-order valence-corrected chi connectivity index (χ3v) is 2.83. The van der Waals surface area contributed by atoms with E-state index in [1.54, 1.807) is 6.33 Å². The van der Waals surface area contributed by atoms with Crippen molar-refractivity contribution >= 4 is 5.82 Å². The molecule has 4 heteroatoms. The zero-order valence-corrected chi connectivity index (χ0v) is 11.8. The van der Waals surface area contributed by atoms with E-state index in [1.165, 1.54) is 0 Å².